The molecule has 0 bridgehead atoms. The maximum Gasteiger partial charge on any atom is 0.407 e. The lowest BCUT2D eigenvalue weighted by Gasteiger charge is -2.17. The van der Waals surface area contributed by atoms with Crippen LogP contribution in [0.1, 0.15) is 0 Å². The van der Waals surface area contributed by atoms with Crippen LogP contribution >= 0.6 is 0 Å². The molecule has 64 valence electrons. The molecule has 1 atom stereocenters. The summed E-state index contributed by atoms with van der Waals surface area (Å²) in [5, 5.41) is 2.50. The van der Waals surface area contributed by atoms with Gasteiger partial charge in [-0.3, -0.25) is 0 Å². The summed E-state index contributed by atoms with van der Waals surface area (Å²) in [5.41, 5.74) is 0. The lowest BCUT2D eigenvalue weighted by atomic mass is 10.3. The number of cyclic esters (lactones) is 1. The van der Waals surface area contributed by atoms with Crippen LogP contribution in [-0.4, -0.2) is 39.3 Å². The molecule has 0 aliphatic carbocycles. The summed E-state index contributed by atoms with van der Waals surface area (Å²) in [6.45, 7) is 0.436. The number of alkyl carbamates (subject to hydrolysis) is 1. The smallest absolute Gasteiger partial charge is 0.407 e. The Morgan fingerprint density at radius 2 is 2.27 bits per heavy atom. The van der Waals surface area contributed by atoms with E-state index < -0.39 is 12.4 Å². The zero-order chi connectivity index (χ0) is 8.27. The quantitative estimate of drug-likeness (QED) is 0.578. The highest BCUT2D eigenvalue weighted by Crippen LogP contribution is 2.08. The first-order valence-electron chi connectivity index (χ1n) is 3.28. The molecule has 1 saturated heterocycles. The van der Waals surface area contributed by atoms with Gasteiger partial charge in [0, 0.05) is 14.2 Å². The third-order valence-electron chi connectivity index (χ3n) is 1.47. The molecule has 0 unspecified atom stereocenters. The van der Waals surface area contributed by atoms with Crippen molar-refractivity contribution in [2.75, 3.05) is 20.8 Å². The van der Waals surface area contributed by atoms with Gasteiger partial charge in [0.1, 0.15) is 0 Å². The van der Waals surface area contributed by atoms with Crippen LogP contribution in [0.5, 0.6) is 0 Å². The van der Waals surface area contributed by atoms with Crippen LogP contribution in [0.25, 0.3) is 0 Å². The Labute approximate surface area is 64.6 Å². The first-order chi connectivity index (χ1) is 5.27. The molecule has 5 nitrogen and oxygen atoms in total. The minimum Gasteiger partial charge on any atom is -0.439 e. The Morgan fingerprint density at radius 1 is 1.64 bits per heavy atom. The number of hydrogen-bond donors (Lipinski definition) is 1. The summed E-state index contributed by atoms with van der Waals surface area (Å²) >= 11 is 0. The zero-order valence-electron chi connectivity index (χ0n) is 6.49. The Kier molecular flexibility index (Phi) is 2.67. The van der Waals surface area contributed by atoms with E-state index in [1.165, 1.54) is 14.2 Å². The molecule has 1 N–H and O–H groups in total. The third kappa shape index (κ3) is 1.81. The van der Waals surface area contributed by atoms with E-state index in [0.29, 0.717) is 6.54 Å². The molecule has 0 saturated carbocycles. The lowest BCUT2D eigenvalue weighted by Crippen LogP contribution is -2.32. The van der Waals surface area contributed by atoms with Gasteiger partial charge in [-0.25, -0.2) is 4.79 Å². The molecule has 11 heavy (non-hydrogen) atoms. The largest absolute Gasteiger partial charge is 0.439 e. The van der Waals surface area contributed by atoms with E-state index in [-0.39, 0.29) is 6.10 Å². The molecule has 0 aromatic rings. The van der Waals surface area contributed by atoms with Gasteiger partial charge >= 0.3 is 6.09 Å². The molecule has 0 aromatic carbocycles. The minimum absolute atomic E-state index is 0.336. The molecule has 0 aromatic heterocycles. The van der Waals surface area contributed by atoms with Crippen LogP contribution < -0.4 is 5.32 Å². The number of ether oxygens (including phenoxy) is 3. The Hall–Kier alpha value is -0.810. The van der Waals surface area contributed by atoms with E-state index in [4.69, 9.17) is 14.2 Å². The highest BCUT2D eigenvalue weighted by molar-refractivity contribution is 5.69. The molecule has 1 rings (SSSR count). The van der Waals surface area contributed by atoms with Gasteiger partial charge in [0.05, 0.1) is 6.54 Å². The SMILES string of the molecule is COC(OC)[C@H]1CNC(=O)O1. The van der Waals surface area contributed by atoms with Gasteiger partial charge in [0.25, 0.3) is 0 Å². The van der Waals surface area contributed by atoms with Crippen molar-refractivity contribution in [3.05, 3.63) is 0 Å². The maximum atomic E-state index is 10.5. The standard InChI is InChI=1S/C6H11NO4/c1-9-5(10-2)4-3-7-6(8)11-4/h4-5H,3H2,1-2H3,(H,7,8)/t4-/m1/s1. The van der Waals surface area contributed by atoms with E-state index in [1.807, 2.05) is 0 Å². The van der Waals surface area contributed by atoms with Crippen molar-refractivity contribution in [3.8, 4) is 0 Å². The third-order valence-corrected chi connectivity index (χ3v) is 1.47. The predicted molar refractivity (Wildman–Crippen MR) is 36.1 cm³/mol. The minimum atomic E-state index is -0.478. The van der Waals surface area contributed by atoms with Crippen LogP contribution in [-0.2, 0) is 14.2 Å². The first kappa shape index (κ1) is 8.29. The molecule has 1 aliphatic rings. The fourth-order valence-corrected chi connectivity index (χ4v) is 0.956. The molecular formula is C6H11NO4. The number of carbonyl (C=O) groups excluding carboxylic acids is 1. The van der Waals surface area contributed by atoms with Crippen LogP contribution in [0.4, 0.5) is 4.79 Å². The van der Waals surface area contributed by atoms with Gasteiger partial charge in [-0.15, -0.1) is 0 Å². The van der Waals surface area contributed by atoms with Crippen LogP contribution in [0, 0.1) is 0 Å². The molecule has 1 fully saturated rings. The number of nitrogens with one attached hydrogen (secondary N) is 1. The highest BCUT2D eigenvalue weighted by Gasteiger charge is 2.30. The molecule has 1 heterocycles. The number of methoxy groups -OCH3 is 2. The molecule has 0 spiro atoms. The van der Waals surface area contributed by atoms with Crippen molar-refractivity contribution in [1.29, 1.82) is 0 Å². The van der Waals surface area contributed by atoms with Crippen LogP contribution in [0.2, 0.25) is 0 Å². The van der Waals surface area contributed by atoms with Crippen molar-refractivity contribution in [2.24, 2.45) is 0 Å². The average molecular weight is 161 g/mol. The second-order valence-corrected chi connectivity index (χ2v) is 2.16. The van der Waals surface area contributed by atoms with Crippen molar-refractivity contribution in [3.63, 3.8) is 0 Å². The van der Waals surface area contributed by atoms with E-state index >= 15 is 0 Å². The van der Waals surface area contributed by atoms with Crippen molar-refractivity contribution in [2.45, 2.75) is 12.4 Å². The second kappa shape index (κ2) is 3.54. The summed E-state index contributed by atoms with van der Waals surface area (Å²) in [5.74, 6) is 0. The summed E-state index contributed by atoms with van der Waals surface area (Å²) < 4.78 is 14.6. The Bertz CT molecular complexity index is 146. The molecule has 1 aliphatic heterocycles. The number of rotatable bonds is 3. The van der Waals surface area contributed by atoms with Gasteiger partial charge in [0.15, 0.2) is 12.4 Å². The van der Waals surface area contributed by atoms with Crippen LogP contribution in [0.3, 0.4) is 0 Å². The fraction of sp³-hybridized carbons (Fsp3) is 0.833. The van der Waals surface area contributed by atoms with Gasteiger partial charge in [0.2, 0.25) is 0 Å². The molecular weight excluding hydrogens is 150 g/mol. The van der Waals surface area contributed by atoms with E-state index in [2.05, 4.69) is 5.32 Å². The van der Waals surface area contributed by atoms with Gasteiger partial charge in [-0.05, 0) is 0 Å². The molecule has 0 radical (unpaired) electrons. The number of amides is 1. The van der Waals surface area contributed by atoms with Gasteiger partial charge in [-0.2, -0.15) is 0 Å². The van der Waals surface area contributed by atoms with E-state index in [0.717, 1.165) is 0 Å². The van der Waals surface area contributed by atoms with Crippen molar-refractivity contribution in [1.82, 2.24) is 5.32 Å². The van der Waals surface area contributed by atoms with Gasteiger partial charge < -0.3 is 19.5 Å². The topological polar surface area (TPSA) is 56.8 Å². The summed E-state index contributed by atoms with van der Waals surface area (Å²) in [4.78, 5) is 10.5. The number of carbonyl (C=O) groups is 1. The number of hydrogen-bond acceptors (Lipinski definition) is 4. The predicted octanol–water partition coefficient (Wildman–Crippen LogP) is -0.286. The first-order valence-corrected chi connectivity index (χ1v) is 3.28. The summed E-state index contributed by atoms with van der Waals surface area (Å²) in [7, 11) is 3.00. The van der Waals surface area contributed by atoms with Crippen LogP contribution in [0.15, 0.2) is 0 Å². The zero-order valence-corrected chi connectivity index (χ0v) is 6.49. The Morgan fingerprint density at radius 3 is 2.64 bits per heavy atom. The van der Waals surface area contributed by atoms with E-state index in [1.54, 1.807) is 0 Å². The molecule has 1 amide bonds. The summed E-state index contributed by atoms with van der Waals surface area (Å²) in [6, 6.07) is 0. The monoisotopic (exact) mass is 161 g/mol. The van der Waals surface area contributed by atoms with Crippen molar-refractivity contribution >= 4 is 6.09 Å². The normalized spacial score (nSPS) is 23.5. The summed E-state index contributed by atoms with van der Waals surface area (Å²) in [6.07, 6.45) is -1.24. The maximum absolute atomic E-state index is 10.5. The average Bonchev–Trinajstić information content (AvgIpc) is 2.39. The highest BCUT2D eigenvalue weighted by atomic mass is 16.7. The lowest BCUT2D eigenvalue weighted by molar-refractivity contribution is -0.153. The van der Waals surface area contributed by atoms with Gasteiger partial charge in [-0.1, -0.05) is 0 Å². The fourth-order valence-electron chi connectivity index (χ4n) is 0.956. The molecule has 5 heteroatoms. The van der Waals surface area contributed by atoms with E-state index in [9.17, 15) is 4.79 Å². The van der Waals surface area contributed by atoms with Crippen molar-refractivity contribution < 1.29 is 19.0 Å². The second-order valence-electron chi connectivity index (χ2n) is 2.16. The Balaban J connectivity index is 2.40.